The van der Waals surface area contributed by atoms with E-state index in [1.54, 1.807) is 0 Å². The van der Waals surface area contributed by atoms with Gasteiger partial charge in [0.25, 0.3) is 0 Å². The lowest BCUT2D eigenvalue weighted by Gasteiger charge is -2.35. The lowest BCUT2D eigenvalue weighted by Crippen LogP contribution is -2.38. The number of hydrogen-bond acceptors (Lipinski definition) is 1. The molecule has 12 heavy (non-hydrogen) atoms. The third-order valence-electron chi connectivity index (χ3n) is 1.61. The Morgan fingerprint density at radius 1 is 1.17 bits per heavy atom. The molecule has 0 fully saturated rings. The highest BCUT2D eigenvalue weighted by Gasteiger charge is 2.28. The van der Waals surface area contributed by atoms with E-state index in [1.807, 2.05) is 0 Å². The van der Waals surface area contributed by atoms with Gasteiger partial charge >= 0.3 is 0 Å². The fourth-order valence-corrected chi connectivity index (χ4v) is 1.81. The van der Waals surface area contributed by atoms with E-state index in [4.69, 9.17) is 4.74 Å². The molecule has 0 aliphatic carbocycles. The Bertz CT molecular complexity index is 128. The van der Waals surface area contributed by atoms with E-state index in [1.165, 1.54) is 0 Å². The van der Waals surface area contributed by atoms with Crippen molar-refractivity contribution in [1.29, 1.82) is 0 Å². The van der Waals surface area contributed by atoms with Crippen LogP contribution in [0.2, 0.25) is 0 Å². The minimum atomic E-state index is -0.0440. The van der Waals surface area contributed by atoms with Gasteiger partial charge in [0.1, 0.15) is 0 Å². The lowest BCUT2D eigenvalue weighted by molar-refractivity contribution is -0.112. The van der Waals surface area contributed by atoms with Gasteiger partial charge in [0.2, 0.25) is 0 Å². The smallest absolute Gasteiger partial charge is 0.0757 e. The molecule has 0 spiro atoms. The molecule has 0 aromatic carbocycles. The summed E-state index contributed by atoms with van der Waals surface area (Å²) in [5.74, 6) is 0. The molecule has 0 aromatic heterocycles. The Balaban J connectivity index is 4.14. The number of rotatable bonds is 4. The third-order valence-corrected chi connectivity index (χ3v) is 2.80. The molecular formula is C10H21BrO. The zero-order chi connectivity index (χ0) is 9.83. The summed E-state index contributed by atoms with van der Waals surface area (Å²) >= 11 is 3.50. The second-order valence-corrected chi connectivity index (χ2v) is 5.11. The van der Waals surface area contributed by atoms with Gasteiger partial charge in [-0.05, 0) is 34.1 Å². The summed E-state index contributed by atoms with van der Waals surface area (Å²) in [5.41, 5.74) is -0.0509. The van der Waals surface area contributed by atoms with Crippen molar-refractivity contribution in [1.82, 2.24) is 0 Å². The van der Waals surface area contributed by atoms with E-state index in [9.17, 15) is 0 Å². The van der Waals surface area contributed by atoms with Crippen LogP contribution in [0.3, 0.4) is 0 Å². The zero-order valence-electron chi connectivity index (χ0n) is 8.91. The minimum Gasteiger partial charge on any atom is -0.369 e. The van der Waals surface area contributed by atoms with Crippen molar-refractivity contribution in [3.63, 3.8) is 0 Å². The summed E-state index contributed by atoms with van der Waals surface area (Å²) in [4.78, 5) is 0. The van der Waals surface area contributed by atoms with Gasteiger partial charge in [-0.1, -0.05) is 29.3 Å². The average Bonchev–Trinajstić information content (AvgIpc) is 1.84. The molecule has 0 aliphatic rings. The molecule has 1 nitrogen and oxygen atoms in total. The predicted octanol–water partition coefficient (Wildman–Crippen LogP) is 3.76. The summed E-state index contributed by atoms with van der Waals surface area (Å²) in [6, 6.07) is 0. The standard InChI is InChI=1S/C10H21BrO/c1-6-7-10(5,8-11)12-9(2,3)4/h6-8H2,1-5H3. The van der Waals surface area contributed by atoms with Crippen LogP contribution in [0, 0.1) is 0 Å². The quantitative estimate of drug-likeness (QED) is 0.676. The monoisotopic (exact) mass is 236 g/mol. The van der Waals surface area contributed by atoms with Crippen LogP contribution in [0.25, 0.3) is 0 Å². The molecule has 0 saturated heterocycles. The summed E-state index contributed by atoms with van der Waals surface area (Å²) in [7, 11) is 0. The van der Waals surface area contributed by atoms with Crippen molar-refractivity contribution in [3.8, 4) is 0 Å². The summed E-state index contributed by atoms with van der Waals surface area (Å²) < 4.78 is 5.97. The summed E-state index contributed by atoms with van der Waals surface area (Å²) in [6.07, 6.45) is 2.27. The number of halogens is 1. The maximum atomic E-state index is 5.97. The fourth-order valence-electron chi connectivity index (χ4n) is 1.41. The first-order valence-electron chi connectivity index (χ1n) is 4.59. The van der Waals surface area contributed by atoms with Crippen molar-refractivity contribution in [3.05, 3.63) is 0 Å². The highest BCUT2D eigenvalue weighted by molar-refractivity contribution is 9.09. The van der Waals surface area contributed by atoms with Gasteiger partial charge in [0.15, 0.2) is 0 Å². The molecule has 2 heteroatoms. The van der Waals surface area contributed by atoms with Gasteiger partial charge in [-0.3, -0.25) is 0 Å². The van der Waals surface area contributed by atoms with Crippen molar-refractivity contribution >= 4 is 15.9 Å². The van der Waals surface area contributed by atoms with E-state index in [0.717, 1.165) is 18.2 Å². The largest absolute Gasteiger partial charge is 0.369 e. The Hall–Kier alpha value is 0.440. The van der Waals surface area contributed by atoms with E-state index in [0.29, 0.717) is 0 Å². The molecule has 0 amide bonds. The molecule has 0 bridgehead atoms. The van der Waals surface area contributed by atoms with Crippen LogP contribution >= 0.6 is 15.9 Å². The van der Waals surface area contributed by atoms with E-state index < -0.39 is 0 Å². The Kier molecular flexibility index (Phi) is 4.78. The van der Waals surface area contributed by atoms with Crippen LogP contribution in [-0.4, -0.2) is 16.5 Å². The van der Waals surface area contributed by atoms with Crippen molar-refractivity contribution in [2.75, 3.05) is 5.33 Å². The van der Waals surface area contributed by atoms with Crippen LogP contribution in [0.15, 0.2) is 0 Å². The topological polar surface area (TPSA) is 9.23 Å². The molecule has 0 N–H and O–H groups in total. The normalized spacial score (nSPS) is 17.5. The minimum absolute atomic E-state index is 0.00694. The first-order valence-corrected chi connectivity index (χ1v) is 5.71. The molecule has 0 rings (SSSR count). The lowest BCUT2D eigenvalue weighted by atomic mass is 10.0. The van der Waals surface area contributed by atoms with Gasteiger partial charge in [-0.25, -0.2) is 0 Å². The van der Waals surface area contributed by atoms with Crippen LogP contribution < -0.4 is 0 Å². The number of alkyl halides is 1. The Labute approximate surface area is 85.0 Å². The Morgan fingerprint density at radius 2 is 1.67 bits per heavy atom. The SMILES string of the molecule is CCCC(C)(CBr)OC(C)(C)C. The van der Waals surface area contributed by atoms with Gasteiger partial charge in [0.05, 0.1) is 11.2 Å². The van der Waals surface area contributed by atoms with Crippen molar-refractivity contribution < 1.29 is 4.74 Å². The second-order valence-electron chi connectivity index (χ2n) is 4.55. The van der Waals surface area contributed by atoms with Crippen LogP contribution in [0.5, 0.6) is 0 Å². The van der Waals surface area contributed by atoms with E-state index >= 15 is 0 Å². The number of hydrogen-bond donors (Lipinski definition) is 0. The molecule has 0 aliphatic heterocycles. The van der Waals surface area contributed by atoms with Crippen LogP contribution in [0.4, 0.5) is 0 Å². The maximum Gasteiger partial charge on any atom is 0.0757 e. The first kappa shape index (κ1) is 12.4. The van der Waals surface area contributed by atoms with Gasteiger partial charge in [-0.15, -0.1) is 0 Å². The highest BCUT2D eigenvalue weighted by Crippen LogP contribution is 2.26. The number of ether oxygens (including phenoxy) is 1. The van der Waals surface area contributed by atoms with E-state index in [-0.39, 0.29) is 11.2 Å². The van der Waals surface area contributed by atoms with Crippen molar-refractivity contribution in [2.24, 2.45) is 0 Å². The van der Waals surface area contributed by atoms with Gasteiger partial charge < -0.3 is 4.74 Å². The van der Waals surface area contributed by atoms with Crippen molar-refractivity contribution in [2.45, 2.75) is 58.7 Å². The summed E-state index contributed by atoms with van der Waals surface area (Å²) in [6.45, 7) is 10.7. The third kappa shape index (κ3) is 5.15. The van der Waals surface area contributed by atoms with Crippen LogP contribution in [-0.2, 0) is 4.74 Å². The average molecular weight is 237 g/mol. The maximum absolute atomic E-state index is 5.97. The molecular weight excluding hydrogens is 216 g/mol. The van der Waals surface area contributed by atoms with Gasteiger partial charge in [0, 0.05) is 5.33 Å². The first-order chi connectivity index (χ1) is 5.33. The molecule has 0 aromatic rings. The zero-order valence-corrected chi connectivity index (χ0v) is 10.5. The van der Waals surface area contributed by atoms with Crippen LogP contribution in [0.1, 0.15) is 47.5 Å². The fraction of sp³-hybridized carbons (Fsp3) is 1.00. The molecule has 74 valence electrons. The molecule has 0 heterocycles. The molecule has 0 radical (unpaired) electrons. The Morgan fingerprint density at radius 3 is 1.92 bits per heavy atom. The van der Waals surface area contributed by atoms with E-state index in [2.05, 4.69) is 50.5 Å². The second kappa shape index (κ2) is 4.61. The molecule has 1 unspecified atom stereocenters. The predicted molar refractivity (Wildman–Crippen MR) is 57.9 cm³/mol. The van der Waals surface area contributed by atoms with Gasteiger partial charge in [-0.2, -0.15) is 0 Å². The molecule has 1 atom stereocenters. The molecule has 0 saturated carbocycles. The summed E-state index contributed by atoms with van der Waals surface area (Å²) in [5, 5.41) is 0.908. The highest BCUT2D eigenvalue weighted by atomic mass is 79.9.